The van der Waals surface area contributed by atoms with Crippen molar-refractivity contribution in [2.75, 3.05) is 14.2 Å². The molecule has 0 aromatic heterocycles. The Balaban J connectivity index is 2.21. The van der Waals surface area contributed by atoms with E-state index in [1.54, 1.807) is 24.3 Å². The fourth-order valence-corrected chi connectivity index (χ4v) is 5.69. The van der Waals surface area contributed by atoms with E-state index >= 15 is 0 Å². The van der Waals surface area contributed by atoms with Gasteiger partial charge in [0.25, 0.3) is 0 Å². The van der Waals surface area contributed by atoms with Crippen LogP contribution in [-0.4, -0.2) is 45.6 Å². The first-order chi connectivity index (χ1) is 13.3. The SMILES string of the molecule is COC(=O)C1(C(=O)OC)CC=C2CC(=O)C=C2C(S(=O)(=O)c2ccccc2)C1. The molecule has 0 saturated heterocycles. The first-order valence-electron chi connectivity index (χ1n) is 8.66. The molecule has 7 nitrogen and oxygen atoms in total. The number of hydrogen-bond donors (Lipinski definition) is 0. The number of sulfone groups is 1. The van der Waals surface area contributed by atoms with Gasteiger partial charge in [0.1, 0.15) is 0 Å². The van der Waals surface area contributed by atoms with E-state index in [2.05, 4.69) is 0 Å². The maximum absolute atomic E-state index is 13.4. The van der Waals surface area contributed by atoms with E-state index in [9.17, 15) is 22.8 Å². The van der Waals surface area contributed by atoms with Gasteiger partial charge in [0.05, 0.1) is 24.4 Å². The molecule has 0 amide bonds. The third kappa shape index (κ3) is 3.17. The van der Waals surface area contributed by atoms with Crippen LogP contribution in [0.3, 0.4) is 0 Å². The van der Waals surface area contributed by atoms with E-state index < -0.39 is 32.4 Å². The van der Waals surface area contributed by atoms with Crippen molar-refractivity contribution in [3.05, 3.63) is 53.6 Å². The second kappa shape index (κ2) is 7.35. The average molecular weight is 404 g/mol. The van der Waals surface area contributed by atoms with Gasteiger partial charge in [0, 0.05) is 6.42 Å². The molecule has 1 aromatic rings. The van der Waals surface area contributed by atoms with Crippen molar-refractivity contribution in [2.24, 2.45) is 5.41 Å². The minimum absolute atomic E-state index is 0.0363. The molecule has 3 rings (SSSR count). The number of benzene rings is 1. The number of allylic oxidation sites excluding steroid dienone is 3. The van der Waals surface area contributed by atoms with Gasteiger partial charge in [-0.3, -0.25) is 14.4 Å². The summed E-state index contributed by atoms with van der Waals surface area (Å²) in [5.74, 6) is -1.94. The third-order valence-electron chi connectivity index (χ3n) is 5.23. The van der Waals surface area contributed by atoms with Gasteiger partial charge in [0.2, 0.25) is 0 Å². The minimum Gasteiger partial charge on any atom is -0.468 e. The predicted octanol–water partition coefficient (Wildman–Crippen LogP) is 1.78. The largest absolute Gasteiger partial charge is 0.468 e. The van der Waals surface area contributed by atoms with Crippen molar-refractivity contribution in [1.82, 2.24) is 0 Å². The molecule has 0 saturated carbocycles. The molecular formula is C20H20O7S. The Bertz CT molecular complexity index is 971. The van der Waals surface area contributed by atoms with Gasteiger partial charge in [-0.2, -0.15) is 0 Å². The summed E-state index contributed by atoms with van der Waals surface area (Å²) in [7, 11) is -1.73. The fraction of sp³-hybridized carbons (Fsp3) is 0.350. The van der Waals surface area contributed by atoms with E-state index in [1.807, 2.05) is 0 Å². The van der Waals surface area contributed by atoms with E-state index in [-0.39, 0.29) is 29.9 Å². The number of esters is 2. The molecule has 1 atom stereocenters. The molecule has 0 heterocycles. The monoisotopic (exact) mass is 404 g/mol. The highest BCUT2D eigenvalue weighted by molar-refractivity contribution is 7.92. The number of ether oxygens (including phenoxy) is 2. The Morgan fingerprint density at radius 3 is 2.25 bits per heavy atom. The number of methoxy groups -OCH3 is 2. The van der Waals surface area contributed by atoms with Crippen molar-refractivity contribution < 1.29 is 32.3 Å². The molecule has 2 aliphatic rings. The topological polar surface area (TPSA) is 104 Å². The summed E-state index contributed by atoms with van der Waals surface area (Å²) >= 11 is 0. The second-order valence-electron chi connectivity index (χ2n) is 6.79. The lowest BCUT2D eigenvalue weighted by atomic mass is 9.80. The summed E-state index contributed by atoms with van der Waals surface area (Å²) in [5.41, 5.74) is -0.968. The van der Waals surface area contributed by atoms with Crippen LogP contribution >= 0.6 is 0 Å². The summed E-state index contributed by atoms with van der Waals surface area (Å²) in [5, 5.41) is -1.26. The molecule has 0 radical (unpaired) electrons. The quantitative estimate of drug-likeness (QED) is 0.556. The Kier molecular flexibility index (Phi) is 5.25. The molecule has 8 heteroatoms. The minimum atomic E-state index is -3.99. The van der Waals surface area contributed by atoms with Crippen LogP contribution in [0.15, 0.2) is 58.5 Å². The molecule has 28 heavy (non-hydrogen) atoms. The fourth-order valence-electron chi connectivity index (χ4n) is 3.76. The zero-order chi connectivity index (χ0) is 20.5. The highest BCUT2D eigenvalue weighted by atomic mass is 32.2. The van der Waals surface area contributed by atoms with Gasteiger partial charge in [-0.15, -0.1) is 0 Å². The van der Waals surface area contributed by atoms with E-state index in [4.69, 9.17) is 9.47 Å². The van der Waals surface area contributed by atoms with Gasteiger partial charge < -0.3 is 9.47 Å². The number of ketones is 1. The number of hydrogen-bond acceptors (Lipinski definition) is 7. The molecule has 148 valence electrons. The Morgan fingerprint density at radius 2 is 1.68 bits per heavy atom. The van der Waals surface area contributed by atoms with Crippen LogP contribution < -0.4 is 0 Å². The van der Waals surface area contributed by atoms with Crippen LogP contribution in [0.4, 0.5) is 0 Å². The van der Waals surface area contributed by atoms with E-state index in [0.717, 1.165) is 14.2 Å². The molecule has 0 aliphatic heterocycles. The van der Waals surface area contributed by atoms with Gasteiger partial charge in [0.15, 0.2) is 21.0 Å². The lowest BCUT2D eigenvalue weighted by molar-refractivity contribution is -0.169. The molecule has 2 aliphatic carbocycles. The second-order valence-corrected chi connectivity index (χ2v) is 8.92. The van der Waals surface area contributed by atoms with Crippen LogP contribution in [-0.2, 0) is 33.7 Å². The molecule has 0 fully saturated rings. The highest BCUT2D eigenvalue weighted by Crippen LogP contribution is 2.45. The van der Waals surface area contributed by atoms with Crippen LogP contribution in [0.25, 0.3) is 0 Å². The lowest BCUT2D eigenvalue weighted by Crippen LogP contribution is -2.44. The summed E-state index contributed by atoms with van der Waals surface area (Å²) in [6.45, 7) is 0. The Hall–Kier alpha value is -2.74. The van der Waals surface area contributed by atoms with Gasteiger partial charge >= 0.3 is 11.9 Å². The molecule has 0 spiro atoms. The van der Waals surface area contributed by atoms with Gasteiger partial charge in [-0.25, -0.2) is 8.42 Å². The zero-order valence-corrected chi connectivity index (χ0v) is 16.3. The van der Waals surface area contributed by atoms with Crippen LogP contribution in [0.1, 0.15) is 19.3 Å². The predicted molar refractivity (Wildman–Crippen MR) is 98.9 cm³/mol. The summed E-state index contributed by atoms with van der Waals surface area (Å²) in [6.07, 6.45) is 2.43. The van der Waals surface area contributed by atoms with Crippen molar-refractivity contribution in [3.63, 3.8) is 0 Å². The smallest absolute Gasteiger partial charge is 0.323 e. The highest BCUT2D eigenvalue weighted by Gasteiger charge is 2.54. The maximum atomic E-state index is 13.4. The van der Waals surface area contributed by atoms with Gasteiger partial charge in [-0.1, -0.05) is 24.3 Å². The standard InChI is InChI=1S/C20H20O7S/c1-26-18(22)20(19(23)27-2)9-8-13-10-14(21)11-16(13)17(12-20)28(24,25)15-6-4-3-5-7-15/h3-8,11,17H,9-10,12H2,1-2H3. The average Bonchev–Trinajstić information content (AvgIpc) is 2.99. The van der Waals surface area contributed by atoms with Crippen molar-refractivity contribution in [3.8, 4) is 0 Å². The molecular weight excluding hydrogens is 384 g/mol. The molecule has 1 unspecified atom stereocenters. The third-order valence-corrected chi connectivity index (χ3v) is 7.33. The number of carbonyl (C=O) groups is 3. The lowest BCUT2D eigenvalue weighted by Gasteiger charge is -2.29. The Morgan fingerprint density at radius 1 is 1.07 bits per heavy atom. The summed E-state index contributed by atoms with van der Waals surface area (Å²) in [4.78, 5) is 37.2. The molecule has 1 aromatic carbocycles. The van der Waals surface area contributed by atoms with E-state index in [1.165, 1.54) is 18.2 Å². The van der Waals surface area contributed by atoms with Crippen molar-refractivity contribution >= 4 is 27.6 Å². The number of rotatable bonds is 4. The molecule has 0 N–H and O–H groups in total. The first kappa shape index (κ1) is 20.0. The number of carbonyl (C=O) groups excluding carboxylic acids is 3. The van der Waals surface area contributed by atoms with E-state index in [0.29, 0.717) is 11.1 Å². The van der Waals surface area contributed by atoms with Crippen LogP contribution in [0.5, 0.6) is 0 Å². The van der Waals surface area contributed by atoms with Crippen molar-refractivity contribution in [1.29, 1.82) is 0 Å². The van der Waals surface area contributed by atoms with Crippen LogP contribution in [0.2, 0.25) is 0 Å². The summed E-state index contributed by atoms with van der Waals surface area (Å²) in [6, 6.07) is 7.74. The maximum Gasteiger partial charge on any atom is 0.323 e. The normalized spacial score (nSPS) is 21.1. The number of fused-ring (bicyclic) bond motifs is 1. The van der Waals surface area contributed by atoms with Gasteiger partial charge in [-0.05, 0) is 42.2 Å². The Labute approximate surface area is 162 Å². The van der Waals surface area contributed by atoms with Crippen molar-refractivity contribution in [2.45, 2.75) is 29.4 Å². The van der Waals surface area contributed by atoms with Crippen LogP contribution in [0, 0.1) is 5.41 Å². The molecule has 0 bridgehead atoms. The zero-order valence-electron chi connectivity index (χ0n) is 15.5. The summed E-state index contributed by atoms with van der Waals surface area (Å²) < 4.78 is 36.5. The first-order valence-corrected chi connectivity index (χ1v) is 10.2.